The molecule has 3 aliphatic rings. The van der Waals surface area contributed by atoms with E-state index in [1.54, 1.807) is 0 Å². The summed E-state index contributed by atoms with van der Waals surface area (Å²) in [5.41, 5.74) is 0. The van der Waals surface area contributed by atoms with E-state index in [0.29, 0.717) is 5.92 Å². The molecular formula is C9H14N2O3. The molecule has 0 aromatic carbocycles. The van der Waals surface area contributed by atoms with Gasteiger partial charge in [-0.1, -0.05) is 0 Å². The fraction of sp³-hybridized carbons (Fsp3) is 0.778. The number of fused-ring (bicyclic) bond motifs is 3. The van der Waals surface area contributed by atoms with Crippen molar-refractivity contribution >= 4 is 12.0 Å². The molecule has 5 heteroatoms. The van der Waals surface area contributed by atoms with E-state index in [2.05, 4.69) is 4.90 Å². The van der Waals surface area contributed by atoms with Crippen LogP contribution in [0.15, 0.2) is 0 Å². The highest BCUT2D eigenvalue weighted by atomic mass is 16.4. The number of imide groups is 1. The van der Waals surface area contributed by atoms with Gasteiger partial charge in [0.05, 0.1) is 6.04 Å². The van der Waals surface area contributed by atoms with Crippen molar-refractivity contribution in [1.29, 1.82) is 0 Å². The van der Waals surface area contributed by atoms with E-state index in [-0.39, 0.29) is 11.9 Å². The van der Waals surface area contributed by atoms with Crippen LogP contribution in [0.1, 0.15) is 19.3 Å². The lowest BCUT2D eigenvalue weighted by Crippen LogP contribution is -2.56. The first-order valence-electron chi connectivity index (χ1n) is 4.94. The maximum atomic E-state index is 11.5. The van der Waals surface area contributed by atoms with Gasteiger partial charge in [0.2, 0.25) is 5.91 Å². The summed E-state index contributed by atoms with van der Waals surface area (Å²) in [4.78, 5) is 23.9. The lowest BCUT2D eigenvalue weighted by molar-refractivity contribution is -0.129. The van der Waals surface area contributed by atoms with Gasteiger partial charge in [0, 0.05) is 0 Å². The molecule has 2 amide bonds. The maximum absolute atomic E-state index is 11.5. The second-order valence-corrected chi connectivity index (χ2v) is 4.03. The van der Waals surface area contributed by atoms with Crippen LogP contribution in [0.3, 0.4) is 0 Å². The Morgan fingerprint density at radius 1 is 1.29 bits per heavy atom. The first-order chi connectivity index (χ1) is 6.66. The van der Waals surface area contributed by atoms with Gasteiger partial charge in [-0.3, -0.25) is 15.0 Å². The maximum Gasteiger partial charge on any atom is 0.411 e. The molecule has 2 bridgehead atoms. The van der Waals surface area contributed by atoms with Crippen LogP contribution < -0.4 is 5.32 Å². The van der Waals surface area contributed by atoms with Gasteiger partial charge in [-0.2, -0.15) is 0 Å². The van der Waals surface area contributed by atoms with Gasteiger partial charge in [-0.25, -0.2) is 4.79 Å². The Kier molecular flexibility index (Phi) is 2.41. The second kappa shape index (κ2) is 3.57. The zero-order valence-corrected chi connectivity index (χ0v) is 7.90. The number of nitrogens with zero attached hydrogens (tertiary/aromatic N) is 1. The van der Waals surface area contributed by atoms with Crippen LogP contribution in [0.5, 0.6) is 0 Å². The van der Waals surface area contributed by atoms with Crippen molar-refractivity contribution in [2.24, 2.45) is 5.92 Å². The molecule has 3 heterocycles. The molecule has 3 aliphatic heterocycles. The Morgan fingerprint density at radius 2 is 1.93 bits per heavy atom. The highest BCUT2D eigenvalue weighted by molar-refractivity contribution is 5.94. The van der Waals surface area contributed by atoms with Crippen molar-refractivity contribution in [3.63, 3.8) is 0 Å². The Hall–Kier alpha value is -1.10. The average molecular weight is 198 g/mol. The molecule has 14 heavy (non-hydrogen) atoms. The van der Waals surface area contributed by atoms with Gasteiger partial charge in [0.1, 0.15) is 0 Å². The van der Waals surface area contributed by atoms with Crippen molar-refractivity contribution in [2.45, 2.75) is 25.3 Å². The van der Waals surface area contributed by atoms with Gasteiger partial charge in [0.15, 0.2) is 0 Å². The number of piperidine rings is 3. The lowest BCUT2D eigenvalue weighted by Gasteiger charge is -2.44. The number of amides is 2. The average Bonchev–Trinajstić information content (AvgIpc) is 2.18. The van der Waals surface area contributed by atoms with Crippen molar-refractivity contribution in [3.8, 4) is 0 Å². The monoisotopic (exact) mass is 198 g/mol. The quantitative estimate of drug-likeness (QED) is 0.634. The van der Waals surface area contributed by atoms with E-state index < -0.39 is 6.09 Å². The van der Waals surface area contributed by atoms with Crippen LogP contribution in [-0.2, 0) is 4.79 Å². The molecule has 0 spiro atoms. The molecule has 1 atom stereocenters. The van der Waals surface area contributed by atoms with E-state index in [1.807, 2.05) is 5.32 Å². The zero-order valence-electron chi connectivity index (χ0n) is 7.90. The molecule has 78 valence electrons. The smallest absolute Gasteiger partial charge is 0.411 e. The normalized spacial score (nSPS) is 35.3. The Labute approximate surface area is 82.1 Å². The van der Waals surface area contributed by atoms with Crippen LogP contribution in [0, 0.1) is 5.92 Å². The van der Waals surface area contributed by atoms with Gasteiger partial charge in [-0.15, -0.1) is 0 Å². The predicted molar refractivity (Wildman–Crippen MR) is 48.9 cm³/mol. The molecule has 1 unspecified atom stereocenters. The van der Waals surface area contributed by atoms with Gasteiger partial charge in [0.25, 0.3) is 0 Å². The summed E-state index contributed by atoms with van der Waals surface area (Å²) < 4.78 is 0. The van der Waals surface area contributed by atoms with Gasteiger partial charge < -0.3 is 5.11 Å². The van der Waals surface area contributed by atoms with Crippen LogP contribution in [0.25, 0.3) is 0 Å². The molecule has 0 aromatic heterocycles. The molecule has 2 N–H and O–H groups in total. The SMILES string of the molecule is O=C(O)NC(=O)C1CC2CCN1CC2. The minimum atomic E-state index is -1.25. The number of rotatable bonds is 1. The molecule has 0 aromatic rings. The third kappa shape index (κ3) is 1.72. The number of hydrogen-bond donors (Lipinski definition) is 2. The standard InChI is InChI=1S/C9H14N2O3/c12-8(10-9(13)14)7-5-6-1-3-11(7)4-2-6/h6-7H,1-5H2,(H,10,12)(H,13,14). The molecular weight excluding hydrogens is 184 g/mol. The topological polar surface area (TPSA) is 69.6 Å². The van der Waals surface area contributed by atoms with E-state index in [9.17, 15) is 9.59 Å². The summed E-state index contributed by atoms with van der Waals surface area (Å²) in [5.74, 6) is 0.256. The van der Waals surface area contributed by atoms with Crippen molar-refractivity contribution in [3.05, 3.63) is 0 Å². The number of carbonyl (C=O) groups is 2. The fourth-order valence-electron chi connectivity index (χ4n) is 2.43. The summed E-state index contributed by atoms with van der Waals surface area (Å²) in [5, 5.41) is 10.4. The highest BCUT2D eigenvalue weighted by Crippen LogP contribution is 2.31. The molecule has 0 radical (unpaired) electrons. The Bertz CT molecular complexity index is 259. The van der Waals surface area contributed by atoms with Gasteiger partial charge in [-0.05, 0) is 38.3 Å². The minimum absolute atomic E-state index is 0.210. The molecule has 3 saturated heterocycles. The van der Waals surface area contributed by atoms with Crippen LogP contribution in [0.4, 0.5) is 4.79 Å². The number of carbonyl (C=O) groups excluding carboxylic acids is 1. The summed E-state index contributed by atoms with van der Waals surface area (Å²) in [6.45, 7) is 1.87. The second-order valence-electron chi connectivity index (χ2n) is 4.03. The van der Waals surface area contributed by atoms with Crippen molar-refractivity contribution in [2.75, 3.05) is 13.1 Å². The summed E-state index contributed by atoms with van der Waals surface area (Å²) in [6.07, 6.45) is 1.87. The Morgan fingerprint density at radius 3 is 2.36 bits per heavy atom. The van der Waals surface area contributed by atoms with E-state index in [4.69, 9.17) is 5.11 Å². The Balaban J connectivity index is 1.97. The van der Waals surface area contributed by atoms with Crippen molar-refractivity contribution in [1.82, 2.24) is 10.2 Å². The van der Waals surface area contributed by atoms with Crippen LogP contribution in [-0.4, -0.2) is 41.1 Å². The molecule has 3 fully saturated rings. The lowest BCUT2D eigenvalue weighted by atomic mass is 9.83. The number of carboxylic acid groups (broad SMARTS) is 1. The molecule has 0 saturated carbocycles. The van der Waals surface area contributed by atoms with E-state index in [1.165, 1.54) is 0 Å². The third-order valence-corrected chi connectivity index (χ3v) is 3.18. The van der Waals surface area contributed by atoms with Crippen LogP contribution in [0.2, 0.25) is 0 Å². The van der Waals surface area contributed by atoms with Crippen LogP contribution >= 0.6 is 0 Å². The molecule has 0 aliphatic carbocycles. The van der Waals surface area contributed by atoms with E-state index >= 15 is 0 Å². The van der Waals surface area contributed by atoms with Gasteiger partial charge >= 0.3 is 6.09 Å². The number of nitrogens with one attached hydrogen (secondary N) is 1. The third-order valence-electron chi connectivity index (χ3n) is 3.18. The zero-order chi connectivity index (χ0) is 10.1. The first kappa shape index (κ1) is 9.45. The largest absolute Gasteiger partial charge is 0.465 e. The predicted octanol–water partition coefficient (Wildman–Crippen LogP) is 0.265. The fourth-order valence-corrected chi connectivity index (χ4v) is 2.43. The molecule has 3 rings (SSSR count). The molecule has 5 nitrogen and oxygen atoms in total. The van der Waals surface area contributed by atoms with E-state index in [0.717, 1.165) is 32.4 Å². The number of hydrogen-bond acceptors (Lipinski definition) is 3. The highest BCUT2D eigenvalue weighted by Gasteiger charge is 2.37. The van der Waals surface area contributed by atoms with Crippen molar-refractivity contribution < 1.29 is 14.7 Å². The first-order valence-corrected chi connectivity index (χ1v) is 4.94. The summed E-state index contributed by atoms with van der Waals surface area (Å²) in [7, 11) is 0. The summed E-state index contributed by atoms with van der Waals surface area (Å²) in [6, 6.07) is -0.210. The minimum Gasteiger partial charge on any atom is -0.465 e. The summed E-state index contributed by atoms with van der Waals surface area (Å²) >= 11 is 0.